The van der Waals surface area contributed by atoms with Gasteiger partial charge in [0.2, 0.25) is 0 Å². The second-order valence-corrected chi connectivity index (χ2v) is 6.98. The van der Waals surface area contributed by atoms with Crippen molar-refractivity contribution in [3.63, 3.8) is 0 Å². The van der Waals surface area contributed by atoms with E-state index < -0.39 is 11.7 Å². The Bertz CT molecular complexity index is 528. The second-order valence-electron chi connectivity index (χ2n) is 6.98. The molecule has 0 saturated heterocycles. The number of benzene rings is 1. The summed E-state index contributed by atoms with van der Waals surface area (Å²) >= 11 is 0. The van der Waals surface area contributed by atoms with Crippen LogP contribution in [-0.4, -0.2) is 18.2 Å². The van der Waals surface area contributed by atoms with E-state index in [0.717, 1.165) is 24.2 Å². The predicted octanol–water partition coefficient (Wildman–Crippen LogP) is 3.72. The van der Waals surface area contributed by atoms with Gasteiger partial charge in [0.15, 0.2) is 0 Å². The standard InChI is InChI=1S/C17H26N2O2/c1-12-11-13(17(7-8-17)9-10-18)5-6-14(12)19-15(20)21-16(2,3)4/h5-6,11H,7-10,18H2,1-4H3,(H,19,20). The topological polar surface area (TPSA) is 64.3 Å². The van der Waals surface area contributed by atoms with Gasteiger partial charge in [0.1, 0.15) is 5.60 Å². The van der Waals surface area contributed by atoms with Gasteiger partial charge in [-0.15, -0.1) is 0 Å². The highest BCUT2D eigenvalue weighted by molar-refractivity contribution is 5.86. The van der Waals surface area contributed by atoms with Crippen molar-refractivity contribution in [2.45, 2.75) is 58.0 Å². The van der Waals surface area contributed by atoms with Crippen molar-refractivity contribution in [1.29, 1.82) is 0 Å². The van der Waals surface area contributed by atoms with Gasteiger partial charge in [-0.1, -0.05) is 12.1 Å². The van der Waals surface area contributed by atoms with Crippen molar-refractivity contribution in [2.75, 3.05) is 11.9 Å². The van der Waals surface area contributed by atoms with Crippen molar-refractivity contribution >= 4 is 11.8 Å². The molecular formula is C17H26N2O2. The molecule has 1 aromatic rings. The van der Waals surface area contributed by atoms with Crippen molar-refractivity contribution in [2.24, 2.45) is 5.73 Å². The Balaban J connectivity index is 2.08. The first-order chi connectivity index (χ1) is 9.76. The van der Waals surface area contributed by atoms with E-state index in [1.54, 1.807) is 0 Å². The fraction of sp³-hybridized carbons (Fsp3) is 0.588. The Labute approximate surface area is 127 Å². The number of hydrogen-bond acceptors (Lipinski definition) is 3. The average molecular weight is 290 g/mol. The predicted molar refractivity (Wildman–Crippen MR) is 85.6 cm³/mol. The number of carbonyl (C=O) groups excluding carboxylic acids is 1. The van der Waals surface area contributed by atoms with E-state index in [4.69, 9.17) is 10.5 Å². The number of nitrogens with two attached hydrogens (primary N) is 1. The summed E-state index contributed by atoms with van der Waals surface area (Å²) in [5, 5.41) is 2.81. The van der Waals surface area contributed by atoms with E-state index in [1.807, 2.05) is 33.8 Å². The van der Waals surface area contributed by atoms with Gasteiger partial charge < -0.3 is 10.5 Å². The van der Waals surface area contributed by atoms with Gasteiger partial charge >= 0.3 is 6.09 Å². The molecule has 0 heterocycles. The molecule has 0 bridgehead atoms. The zero-order chi connectivity index (χ0) is 15.7. The minimum absolute atomic E-state index is 0.282. The van der Waals surface area contributed by atoms with Crippen molar-refractivity contribution in [3.05, 3.63) is 29.3 Å². The monoisotopic (exact) mass is 290 g/mol. The van der Waals surface area contributed by atoms with Crippen molar-refractivity contribution in [3.8, 4) is 0 Å². The van der Waals surface area contributed by atoms with Crippen LogP contribution >= 0.6 is 0 Å². The molecule has 0 unspecified atom stereocenters. The lowest BCUT2D eigenvalue weighted by molar-refractivity contribution is 0.0636. The van der Waals surface area contributed by atoms with E-state index in [-0.39, 0.29) is 5.41 Å². The Morgan fingerprint density at radius 3 is 2.52 bits per heavy atom. The van der Waals surface area contributed by atoms with Gasteiger partial charge in [-0.05, 0) is 76.1 Å². The fourth-order valence-corrected chi connectivity index (χ4v) is 2.66. The Morgan fingerprint density at radius 2 is 2.05 bits per heavy atom. The quantitative estimate of drug-likeness (QED) is 0.888. The number of anilines is 1. The third kappa shape index (κ3) is 3.97. The summed E-state index contributed by atoms with van der Waals surface area (Å²) in [6, 6.07) is 6.23. The molecule has 0 aromatic heterocycles. The minimum Gasteiger partial charge on any atom is -0.444 e. The van der Waals surface area contributed by atoms with Gasteiger partial charge in [0, 0.05) is 5.69 Å². The van der Waals surface area contributed by atoms with Gasteiger partial charge in [-0.2, -0.15) is 0 Å². The highest BCUT2D eigenvalue weighted by Gasteiger charge is 2.43. The highest BCUT2D eigenvalue weighted by atomic mass is 16.6. The van der Waals surface area contributed by atoms with Crippen molar-refractivity contribution < 1.29 is 9.53 Å². The first kappa shape index (κ1) is 15.8. The molecule has 1 fully saturated rings. The molecule has 1 aliphatic rings. The van der Waals surface area contributed by atoms with Gasteiger partial charge in [0.25, 0.3) is 0 Å². The van der Waals surface area contributed by atoms with Crippen molar-refractivity contribution in [1.82, 2.24) is 0 Å². The van der Waals surface area contributed by atoms with Crippen LogP contribution in [0.15, 0.2) is 18.2 Å². The number of nitrogens with one attached hydrogen (secondary N) is 1. The molecular weight excluding hydrogens is 264 g/mol. The lowest BCUT2D eigenvalue weighted by Gasteiger charge is -2.21. The average Bonchev–Trinajstić information content (AvgIpc) is 3.11. The summed E-state index contributed by atoms with van der Waals surface area (Å²) < 4.78 is 5.28. The minimum atomic E-state index is -0.489. The summed E-state index contributed by atoms with van der Waals surface area (Å²) in [4.78, 5) is 11.8. The summed E-state index contributed by atoms with van der Waals surface area (Å²) in [5.41, 5.74) is 8.70. The number of amides is 1. The van der Waals surface area contributed by atoms with Crippen LogP contribution in [0.3, 0.4) is 0 Å². The van der Waals surface area contributed by atoms with Gasteiger partial charge in [-0.3, -0.25) is 5.32 Å². The maximum atomic E-state index is 11.8. The molecule has 1 saturated carbocycles. The number of rotatable bonds is 4. The first-order valence-electron chi connectivity index (χ1n) is 7.57. The maximum Gasteiger partial charge on any atom is 0.412 e. The third-order valence-electron chi connectivity index (χ3n) is 3.95. The summed E-state index contributed by atoms with van der Waals surface area (Å²) in [7, 11) is 0. The molecule has 2 rings (SSSR count). The third-order valence-corrected chi connectivity index (χ3v) is 3.95. The van der Waals surface area contributed by atoms with Gasteiger partial charge in [-0.25, -0.2) is 4.79 Å². The van der Waals surface area contributed by atoms with Gasteiger partial charge in [0.05, 0.1) is 0 Å². The van der Waals surface area contributed by atoms with Crippen LogP contribution in [0.2, 0.25) is 0 Å². The summed E-state index contributed by atoms with van der Waals surface area (Å²) in [5.74, 6) is 0. The molecule has 1 aliphatic carbocycles. The molecule has 0 atom stereocenters. The molecule has 0 radical (unpaired) electrons. The SMILES string of the molecule is Cc1cc(C2(CCN)CC2)ccc1NC(=O)OC(C)(C)C. The van der Waals surface area contributed by atoms with E-state index >= 15 is 0 Å². The Morgan fingerprint density at radius 1 is 1.38 bits per heavy atom. The zero-order valence-electron chi connectivity index (χ0n) is 13.5. The molecule has 4 heteroatoms. The van der Waals surface area contributed by atoms with Crippen LogP contribution < -0.4 is 11.1 Å². The van der Waals surface area contributed by atoms with Crippen LogP contribution in [0.1, 0.15) is 51.2 Å². The molecule has 0 aliphatic heterocycles. The number of carbonyl (C=O) groups is 1. The molecule has 0 spiro atoms. The first-order valence-corrected chi connectivity index (χ1v) is 7.57. The lowest BCUT2D eigenvalue weighted by atomic mass is 9.91. The lowest BCUT2D eigenvalue weighted by Crippen LogP contribution is -2.27. The maximum absolute atomic E-state index is 11.8. The second kappa shape index (κ2) is 5.68. The molecule has 21 heavy (non-hydrogen) atoms. The molecule has 4 nitrogen and oxygen atoms in total. The molecule has 3 N–H and O–H groups in total. The number of ether oxygens (including phenoxy) is 1. The zero-order valence-corrected chi connectivity index (χ0v) is 13.5. The van der Waals surface area contributed by atoms with E-state index in [1.165, 1.54) is 18.4 Å². The normalized spacial score (nSPS) is 16.4. The van der Waals surface area contributed by atoms with Crippen LogP contribution in [0.5, 0.6) is 0 Å². The summed E-state index contributed by atoms with van der Waals surface area (Å²) in [6.45, 7) is 8.29. The summed E-state index contributed by atoms with van der Waals surface area (Å²) in [6.07, 6.45) is 3.04. The Kier molecular flexibility index (Phi) is 4.28. The molecule has 116 valence electrons. The molecule has 1 aromatic carbocycles. The smallest absolute Gasteiger partial charge is 0.412 e. The van der Waals surface area contributed by atoms with E-state index in [2.05, 4.69) is 17.4 Å². The Hall–Kier alpha value is -1.55. The van der Waals surface area contributed by atoms with E-state index in [9.17, 15) is 4.79 Å². The number of aryl methyl sites for hydroxylation is 1. The van der Waals surface area contributed by atoms with E-state index in [0.29, 0.717) is 0 Å². The van der Waals surface area contributed by atoms with Crippen LogP contribution in [0.25, 0.3) is 0 Å². The number of hydrogen-bond donors (Lipinski definition) is 2. The fourth-order valence-electron chi connectivity index (χ4n) is 2.66. The molecule has 1 amide bonds. The van der Waals surface area contributed by atoms with Crippen LogP contribution in [0, 0.1) is 6.92 Å². The van der Waals surface area contributed by atoms with Crippen LogP contribution in [-0.2, 0) is 10.2 Å². The van der Waals surface area contributed by atoms with Crippen LogP contribution in [0.4, 0.5) is 10.5 Å². The highest BCUT2D eigenvalue weighted by Crippen LogP contribution is 2.51. The largest absolute Gasteiger partial charge is 0.444 e.